The number of carbonyl (C=O) groups excluding carboxylic acids is 1. The Bertz CT molecular complexity index is 890. The Morgan fingerprint density at radius 2 is 1.82 bits per heavy atom. The van der Waals surface area contributed by atoms with Gasteiger partial charge in [-0.15, -0.1) is 6.42 Å². The molecule has 0 aromatic heterocycles. The van der Waals surface area contributed by atoms with Crippen LogP contribution in [-0.2, 0) is 0 Å². The van der Waals surface area contributed by atoms with Crippen LogP contribution in [0.15, 0.2) is 46.0 Å². The normalized spacial score (nSPS) is 10.4. The Balaban J connectivity index is 2.12. The summed E-state index contributed by atoms with van der Waals surface area (Å²) in [5, 5.41) is 4.01. The summed E-state index contributed by atoms with van der Waals surface area (Å²) in [5.74, 6) is 3.71. The summed E-state index contributed by atoms with van der Waals surface area (Å²) in [4.78, 5) is 12.4. The Kier molecular flexibility index (Phi) is 8.37. The zero-order chi connectivity index (χ0) is 20.4. The van der Waals surface area contributed by atoms with E-state index in [1.165, 1.54) is 6.21 Å². The molecule has 0 aliphatic carbocycles. The predicted octanol–water partition coefficient (Wildman–Crippen LogP) is 4.02. The van der Waals surface area contributed by atoms with E-state index in [1.54, 1.807) is 24.3 Å². The summed E-state index contributed by atoms with van der Waals surface area (Å²) in [5.41, 5.74) is 3.57. The molecule has 1 N–H and O–H groups in total. The fraction of sp³-hybridized carbons (Fsp3) is 0.238. The molecule has 0 saturated heterocycles. The molecule has 7 heteroatoms. The van der Waals surface area contributed by atoms with Crippen molar-refractivity contribution in [2.24, 2.45) is 5.10 Å². The molecule has 0 fully saturated rings. The number of nitrogens with zero attached hydrogens (tertiary/aromatic N) is 1. The van der Waals surface area contributed by atoms with Crippen molar-refractivity contribution in [2.45, 2.75) is 13.8 Å². The minimum Gasteiger partial charge on any atom is -0.490 e. The lowest BCUT2D eigenvalue weighted by molar-refractivity contribution is 0.0954. The Morgan fingerprint density at radius 3 is 2.54 bits per heavy atom. The van der Waals surface area contributed by atoms with Gasteiger partial charge in [-0.2, -0.15) is 5.10 Å². The predicted molar refractivity (Wildman–Crippen MR) is 112 cm³/mol. The number of carbonyl (C=O) groups is 1. The molecule has 0 unspecified atom stereocenters. The fourth-order valence-corrected chi connectivity index (χ4v) is 2.67. The third kappa shape index (κ3) is 6.03. The first-order valence-electron chi connectivity index (χ1n) is 8.67. The molecule has 2 rings (SSSR count). The maximum Gasteiger partial charge on any atom is 0.271 e. The van der Waals surface area contributed by atoms with Crippen LogP contribution in [0.1, 0.15) is 29.8 Å². The van der Waals surface area contributed by atoms with Crippen molar-refractivity contribution in [3.8, 4) is 29.6 Å². The zero-order valence-corrected chi connectivity index (χ0v) is 17.3. The molecule has 0 radical (unpaired) electrons. The number of hydrogen-bond acceptors (Lipinski definition) is 5. The highest BCUT2D eigenvalue weighted by Gasteiger charge is 2.11. The molecular formula is C21H21BrN2O4. The largest absolute Gasteiger partial charge is 0.490 e. The minimum absolute atomic E-state index is 0.140. The van der Waals surface area contributed by atoms with Crippen LogP contribution in [-0.4, -0.2) is 31.9 Å². The molecule has 0 aliphatic rings. The van der Waals surface area contributed by atoms with Gasteiger partial charge >= 0.3 is 0 Å². The van der Waals surface area contributed by atoms with E-state index < -0.39 is 0 Å². The van der Waals surface area contributed by atoms with E-state index in [2.05, 4.69) is 32.4 Å². The van der Waals surface area contributed by atoms with Crippen molar-refractivity contribution < 1.29 is 19.0 Å². The van der Waals surface area contributed by atoms with Gasteiger partial charge in [-0.05, 0) is 50.2 Å². The first-order chi connectivity index (χ1) is 13.6. The standard InChI is InChI=1S/C21H21BrN2O4/c1-4-11-28-18-10-8-17(22)12-16(18)14-23-24-21(25)15-7-9-19(26-5-2)20(13-15)27-6-3/h1,7-10,12-14H,5-6,11H2,2-3H3,(H,24,25)/b23-14+. The van der Waals surface area contributed by atoms with E-state index in [0.717, 1.165) is 4.47 Å². The number of ether oxygens (including phenoxy) is 3. The molecule has 0 heterocycles. The third-order valence-electron chi connectivity index (χ3n) is 3.46. The van der Waals surface area contributed by atoms with Gasteiger partial charge in [-0.25, -0.2) is 5.43 Å². The second-order valence-electron chi connectivity index (χ2n) is 5.40. The van der Waals surface area contributed by atoms with E-state index in [-0.39, 0.29) is 12.5 Å². The molecule has 0 saturated carbocycles. The van der Waals surface area contributed by atoms with Crippen molar-refractivity contribution in [1.29, 1.82) is 0 Å². The number of hydrazone groups is 1. The van der Waals surface area contributed by atoms with Crippen molar-refractivity contribution in [2.75, 3.05) is 19.8 Å². The second kappa shape index (κ2) is 11.0. The Morgan fingerprint density at radius 1 is 1.11 bits per heavy atom. The monoisotopic (exact) mass is 444 g/mol. The number of halogens is 1. The van der Waals surface area contributed by atoms with Gasteiger partial charge in [-0.1, -0.05) is 21.9 Å². The van der Waals surface area contributed by atoms with Gasteiger partial charge in [0.1, 0.15) is 12.4 Å². The van der Waals surface area contributed by atoms with Crippen LogP contribution in [0.3, 0.4) is 0 Å². The topological polar surface area (TPSA) is 69.2 Å². The number of rotatable bonds is 9. The lowest BCUT2D eigenvalue weighted by atomic mass is 10.2. The molecule has 28 heavy (non-hydrogen) atoms. The van der Waals surface area contributed by atoms with Gasteiger partial charge in [0.25, 0.3) is 5.91 Å². The molecule has 146 valence electrons. The number of terminal acetylenes is 1. The zero-order valence-electron chi connectivity index (χ0n) is 15.7. The summed E-state index contributed by atoms with van der Waals surface area (Å²) < 4.78 is 17.4. The van der Waals surface area contributed by atoms with Crippen molar-refractivity contribution >= 4 is 28.1 Å². The van der Waals surface area contributed by atoms with E-state index in [1.807, 2.05) is 26.0 Å². The maximum absolute atomic E-state index is 12.4. The molecule has 0 spiro atoms. The Hall–Kier alpha value is -2.98. The number of nitrogens with one attached hydrogen (secondary N) is 1. The van der Waals surface area contributed by atoms with Crippen molar-refractivity contribution in [1.82, 2.24) is 5.43 Å². The summed E-state index contributed by atoms with van der Waals surface area (Å²) >= 11 is 3.39. The van der Waals surface area contributed by atoms with Gasteiger partial charge < -0.3 is 14.2 Å². The summed E-state index contributed by atoms with van der Waals surface area (Å²) in [6.45, 7) is 4.86. The lowest BCUT2D eigenvalue weighted by Gasteiger charge is -2.11. The van der Waals surface area contributed by atoms with E-state index in [9.17, 15) is 4.79 Å². The van der Waals surface area contributed by atoms with Crippen LogP contribution in [0.25, 0.3) is 0 Å². The molecule has 6 nitrogen and oxygen atoms in total. The number of amides is 1. The van der Waals surface area contributed by atoms with Crippen molar-refractivity contribution in [3.05, 3.63) is 52.0 Å². The molecule has 0 aliphatic heterocycles. The third-order valence-corrected chi connectivity index (χ3v) is 3.95. The minimum atomic E-state index is -0.374. The highest BCUT2D eigenvalue weighted by molar-refractivity contribution is 9.10. The highest BCUT2D eigenvalue weighted by atomic mass is 79.9. The average molecular weight is 445 g/mol. The summed E-state index contributed by atoms with van der Waals surface area (Å²) in [7, 11) is 0. The number of hydrogen-bond donors (Lipinski definition) is 1. The second-order valence-corrected chi connectivity index (χ2v) is 6.32. The van der Waals surface area contributed by atoms with Crippen LogP contribution in [0.5, 0.6) is 17.2 Å². The van der Waals surface area contributed by atoms with Crippen LogP contribution < -0.4 is 19.6 Å². The van der Waals surface area contributed by atoms with E-state index in [0.29, 0.717) is 41.6 Å². The van der Waals surface area contributed by atoms with Crippen LogP contribution >= 0.6 is 15.9 Å². The molecule has 0 bridgehead atoms. The first-order valence-corrected chi connectivity index (χ1v) is 9.47. The van der Waals surface area contributed by atoms with Crippen molar-refractivity contribution in [3.63, 3.8) is 0 Å². The van der Waals surface area contributed by atoms with Gasteiger partial charge in [0.05, 0.1) is 19.4 Å². The fourth-order valence-electron chi connectivity index (χ4n) is 2.29. The SMILES string of the molecule is C#CCOc1ccc(Br)cc1/C=N/NC(=O)c1ccc(OCC)c(OCC)c1. The molecule has 2 aromatic carbocycles. The summed E-state index contributed by atoms with van der Waals surface area (Å²) in [6.07, 6.45) is 6.72. The van der Waals surface area contributed by atoms with Gasteiger partial charge in [0.2, 0.25) is 0 Å². The smallest absolute Gasteiger partial charge is 0.271 e. The first kappa shape index (κ1) is 21.3. The Labute approximate surface area is 173 Å². The van der Waals surface area contributed by atoms with Gasteiger partial charge in [-0.3, -0.25) is 4.79 Å². The number of benzene rings is 2. The van der Waals surface area contributed by atoms with Crippen LogP contribution in [0.2, 0.25) is 0 Å². The lowest BCUT2D eigenvalue weighted by Crippen LogP contribution is -2.18. The maximum atomic E-state index is 12.4. The summed E-state index contributed by atoms with van der Waals surface area (Å²) in [6, 6.07) is 10.4. The quantitative estimate of drug-likeness (QED) is 0.360. The van der Waals surface area contributed by atoms with Crippen LogP contribution in [0.4, 0.5) is 0 Å². The van der Waals surface area contributed by atoms with E-state index >= 15 is 0 Å². The molecule has 2 aromatic rings. The average Bonchev–Trinajstić information content (AvgIpc) is 2.69. The van der Waals surface area contributed by atoms with E-state index in [4.69, 9.17) is 20.6 Å². The van der Waals surface area contributed by atoms with Crippen LogP contribution in [0, 0.1) is 12.3 Å². The van der Waals surface area contributed by atoms with Gasteiger partial charge in [0.15, 0.2) is 11.5 Å². The van der Waals surface area contributed by atoms with Gasteiger partial charge in [0, 0.05) is 15.6 Å². The highest BCUT2D eigenvalue weighted by Crippen LogP contribution is 2.28. The molecule has 1 amide bonds. The molecule has 0 atom stereocenters. The molecular weight excluding hydrogens is 424 g/mol.